The minimum absolute atomic E-state index is 0.0618. The van der Waals surface area contributed by atoms with Crippen LogP contribution in [0.1, 0.15) is 73.1 Å². The van der Waals surface area contributed by atoms with Crippen molar-refractivity contribution in [2.75, 3.05) is 12.4 Å². The first kappa shape index (κ1) is 22.0. The van der Waals surface area contributed by atoms with Gasteiger partial charge in [0.15, 0.2) is 0 Å². The van der Waals surface area contributed by atoms with Crippen LogP contribution in [-0.2, 0) is 9.47 Å². The molecule has 2 saturated carbocycles. The molecule has 160 valence electrons. The number of hydrogen-bond acceptors (Lipinski definition) is 3. The number of hydrogen-bond donors (Lipinski definition) is 1. The highest BCUT2D eigenvalue weighted by Crippen LogP contribution is 2.65. The summed E-state index contributed by atoms with van der Waals surface area (Å²) < 4.78 is 12.6. The summed E-state index contributed by atoms with van der Waals surface area (Å²) >= 11 is 5.67. The van der Waals surface area contributed by atoms with Gasteiger partial charge in [0.25, 0.3) is 0 Å². The number of amides is 1. The van der Waals surface area contributed by atoms with E-state index in [4.69, 9.17) is 21.1 Å². The first-order chi connectivity index (χ1) is 13.0. The smallest absolute Gasteiger partial charge is 0.407 e. The largest absolute Gasteiger partial charge is 0.446 e. The number of alkyl carbamates (subject to hydrolysis) is 1. The van der Waals surface area contributed by atoms with Crippen LogP contribution in [0, 0.1) is 22.7 Å². The van der Waals surface area contributed by atoms with Gasteiger partial charge in [-0.2, -0.15) is 0 Å². The van der Waals surface area contributed by atoms with Gasteiger partial charge in [0.2, 0.25) is 0 Å². The molecule has 1 amide bonds. The van der Waals surface area contributed by atoms with Crippen LogP contribution in [0.5, 0.6) is 0 Å². The molecule has 0 aromatic heterocycles. The molecule has 2 aliphatic carbocycles. The number of carbonyl (C=O) groups is 1. The van der Waals surface area contributed by atoms with Gasteiger partial charge in [-0.3, -0.25) is 0 Å². The third-order valence-corrected chi connectivity index (χ3v) is 8.56. The van der Waals surface area contributed by atoms with Crippen molar-refractivity contribution in [2.24, 2.45) is 22.7 Å². The van der Waals surface area contributed by atoms with E-state index >= 15 is 0 Å². The van der Waals surface area contributed by atoms with E-state index in [9.17, 15) is 4.79 Å². The van der Waals surface area contributed by atoms with Crippen molar-refractivity contribution in [1.82, 2.24) is 5.32 Å². The summed E-state index contributed by atoms with van der Waals surface area (Å²) in [5.41, 5.74) is -0.185. The van der Waals surface area contributed by atoms with E-state index in [-0.39, 0.29) is 34.2 Å². The number of nitrogens with one attached hydrogen (secondary N) is 1. The van der Waals surface area contributed by atoms with Crippen LogP contribution >= 0.6 is 11.6 Å². The maximum atomic E-state index is 12.2. The molecule has 0 spiro atoms. The van der Waals surface area contributed by atoms with Gasteiger partial charge in [-0.05, 0) is 69.6 Å². The van der Waals surface area contributed by atoms with Crippen molar-refractivity contribution >= 4 is 17.7 Å². The molecule has 0 aromatic carbocycles. The fourth-order valence-corrected chi connectivity index (χ4v) is 7.03. The number of ether oxygens (including phenoxy) is 2. The highest BCUT2D eigenvalue weighted by molar-refractivity contribution is 6.18. The average Bonchev–Trinajstić information content (AvgIpc) is 2.61. The zero-order valence-electron chi connectivity index (χ0n) is 18.3. The molecular formula is C23H38ClNO3. The molecule has 5 heteroatoms. The number of halogens is 1. The average molecular weight is 412 g/mol. The van der Waals surface area contributed by atoms with Crippen LogP contribution in [-0.4, -0.2) is 35.8 Å². The van der Waals surface area contributed by atoms with Crippen molar-refractivity contribution in [1.29, 1.82) is 0 Å². The topological polar surface area (TPSA) is 47.6 Å². The quantitative estimate of drug-likeness (QED) is 0.477. The molecule has 1 saturated heterocycles. The standard InChI is InChI=1S/C23H38ClNO3/c1-7-21(4)11-8-17-22(5)12-10-18(27-19(26)25-15-14-24)20(2,3)16(22)9-13-23(17,6)28-21/h7,16-18H,1,8-15H2,2-6H3,(H,25,26)/t16?,17-,18+,21?,22+,23-/m0/s1. The zero-order valence-corrected chi connectivity index (χ0v) is 19.0. The molecule has 6 atom stereocenters. The van der Waals surface area contributed by atoms with Gasteiger partial charge in [0, 0.05) is 17.8 Å². The third kappa shape index (κ3) is 3.60. The van der Waals surface area contributed by atoms with Crippen LogP contribution in [0.25, 0.3) is 0 Å². The summed E-state index contributed by atoms with van der Waals surface area (Å²) in [7, 11) is 0. The summed E-state index contributed by atoms with van der Waals surface area (Å²) in [6.07, 6.45) is 7.91. The molecule has 4 nitrogen and oxygen atoms in total. The highest BCUT2D eigenvalue weighted by atomic mass is 35.5. The Balaban J connectivity index is 1.80. The first-order valence-electron chi connectivity index (χ1n) is 10.8. The summed E-state index contributed by atoms with van der Waals surface area (Å²) in [4.78, 5) is 12.2. The maximum absolute atomic E-state index is 12.2. The summed E-state index contributed by atoms with van der Waals surface area (Å²) in [5.74, 6) is 1.43. The van der Waals surface area contributed by atoms with Gasteiger partial charge in [-0.1, -0.05) is 26.8 Å². The van der Waals surface area contributed by atoms with E-state index in [1.807, 2.05) is 6.08 Å². The lowest BCUT2D eigenvalue weighted by molar-refractivity contribution is -0.261. The predicted molar refractivity (Wildman–Crippen MR) is 114 cm³/mol. The molecule has 0 radical (unpaired) electrons. The summed E-state index contributed by atoms with van der Waals surface area (Å²) in [6, 6.07) is 0. The van der Waals surface area contributed by atoms with E-state index in [0.717, 1.165) is 32.1 Å². The number of rotatable bonds is 4. The molecule has 1 heterocycles. The lowest BCUT2D eigenvalue weighted by atomic mass is 9.44. The molecule has 0 aromatic rings. The maximum Gasteiger partial charge on any atom is 0.407 e. The number of alkyl halides is 1. The van der Waals surface area contributed by atoms with Crippen molar-refractivity contribution in [3.05, 3.63) is 12.7 Å². The Morgan fingerprint density at radius 3 is 2.46 bits per heavy atom. The van der Waals surface area contributed by atoms with Gasteiger partial charge >= 0.3 is 6.09 Å². The highest BCUT2D eigenvalue weighted by Gasteiger charge is 2.63. The number of fused-ring (bicyclic) bond motifs is 3. The monoisotopic (exact) mass is 411 g/mol. The molecule has 3 fully saturated rings. The van der Waals surface area contributed by atoms with Gasteiger partial charge in [-0.25, -0.2) is 4.79 Å². The molecule has 0 bridgehead atoms. The Morgan fingerprint density at radius 2 is 1.82 bits per heavy atom. The summed E-state index contributed by atoms with van der Waals surface area (Å²) in [5, 5.41) is 2.74. The minimum Gasteiger partial charge on any atom is -0.446 e. The second kappa shape index (κ2) is 7.50. The Bertz CT molecular complexity index is 623. The van der Waals surface area contributed by atoms with E-state index in [1.54, 1.807) is 0 Å². The second-order valence-corrected chi connectivity index (χ2v) is 10.9. The molecular weight excluding hydrogens is 374 g/mol. The van der Waals surface area contributed by atoms with Gasteiger partial charge in [0.1, 0.15) is 6.10 Å². The lowest BCUT2D eigenvalue weighted by Crippen LogP contribution is -2.64. The van der Waals surface area contributed by atoms with Crippen molar-refractivity contribution in [2.45, 2.75) is 90.4 Å². The van der Waals surface area contributed by atoms with E-state index in [0.29, 0.717) is 24.3 Å². The van der Waals surface area contributed by atoms with Crippen LogP contribution < -0.4 is 5.32 Å². The summed E-state index contributed by atoms with van der Waals surface area (Å²) in [6.45, 7) is 16.0. The SMILES string of the molecule is C=CC1(C)CC[C@@H]2[C@](C)(CCC3C(C)(C)[C@H](OC(=O)NCCCl)CC[C@]32C)O1. The third-order valence-electron chi connectivity index (χ3n) is 8.37. The molecule has 28 heavy (non-hydrogen) atoms. The van der Waals surface area contributed by atoms with Crippen molar-refractivity contribution < 1.29 is 14.3 Å². The predicted octanol–water partition coefficient (Wildman–Crippen LogP) is 5.69. The van der Waals surface area contributed by atoms with E-state index < -0.39 is 0 Å². The van der Waals surface area contributed by atoms with Gasteiger partial charge < -0.3 is 14.8 Å². The van der Waals surface area contributed by atoms with E-state index in [1.165, 1.54) is 6.42 Å². The van der Waals surface area contributed by atoms with Crippen LogP contribution in [0.2, 0.25) is 0 Å². The normalized spacial score (nSPS) is 44.7. The van der Waals surface area contributed by atoms with Crippen LogP contribution in [0.3, 0.4) is 0 Å². The molecule has 1 aliphatic heterocycles. The van der Waals surface area contributed by atoms with Crippen molar-refractivity contribution in [3.8, 4) is 0 Å². The molecule has 3 aliphatic rings. The fourth-order valence-electron chi connectivity index (χ4n) is 6.93. The zero-order chi connectivity index (χ0) is 20.8. The Labute approximate surface area is 175 Å². The second-order valence-electron chi connectivity index (χ2n) is 10.5. The van der Waals surface area contributed by atoms with Gasteiger partial charge in [-0.15, -0.1) is 18.2 Å². The van der Waals surface area contributed by atoms with Crippen molar-refractivity contribution in [3.63, 3.8) is 0 Å². The molecule has 2 unspecified atom stereocenters. The molecule has 1 N–H and O–H groups in total. The Kier molecular flexibility index (Phi) is 5.88. The molecule has 3 rings (SSSR count). The van der Waals surface area contributed by atoms with E-state index in [2.05, 4.69) is 46.5 Å². The Morgan fingerprint density at radius 1 is 1.14 bits per heavy atom. The lowest BCUT2D eigenvalue weighted by Gasteiger charge is -2.66. The first-order valence-corrected chi connectivity index (χ1v) is 11.4. The van der Waals surface area contributed by atoms with Crippen LogP contribution in [0.15, 0.2) is 12.7 Å². The Hall–Kier alpha value is -0.740. The van der Waals surface area contributed by atoms with Gasteiger partial charge in [0.05, 0.1) is 11.2 Å². The van der Waals surface area contributed by atoms with Crippen LogP contribution in [0.4, 0.5) is 4.79 Å². The minimum atomic E-state index is -0.342. The number of carbonyl (C=O) groups excluding carboxylic acids is 1. The fraction of sp³-hybridized carbons (Fsp3) is 0.870.